The van der Waals surface area contributed by atoms with Crippen LogP contribution in [0.25, 0.3) is 0 Å². The summed E-state index contributed by atoms with van der Waals surface area (Å²) in [6, 6.07) is -0.349. The smallest absolute Gasteiger partial charge is 0.345 e. The Hall–Kier alpha value is -1.31. The van der Waals surface area contributed by atoms with Crippen LogP contribution in [0.5, 0.6) is 0 Å². The van der Waals surface area contributed by atoms with Crippen molar-refractivity contribution in [2.24, 2.45) is 0 Å². The van der Waals surface area contributed by atoms with Crippen LogP contribution in [0.3, 0.4) is 0 Å². The van der Waals surface area contributed by atoms with Gasteiger partial charge in [-0.1, -0.05) is 12.8 Å². The van der Waals surface area contributed by atoms with Crippen molar-refractivity contribution in [2.75, 3.05) is 26.7 Å². The monoisotopic (exact) mass is 295 g/mol. The average Bonchev–Trinajstić information content (AvgIpc) is 2.63. The predicted molar refractivity (Wildman–Crippen MR) is 67.0 cm³/mol. The van der Waals surface area contributed by atoms with Crippen molar-refractivity contribution < 1.29 is 22.8 Å². The van der Waals surface area contributed by atoms with Gasteiger partial charge in [0.2, 0.25) is 11.8 Å². The first kappa shape index (κ1) is 16.7. The number of hydrogen-bond acceptors (Lipinski definition) is 3. The van der Waals surface area contributed by atoms with Crippen LogP contribution in [0.2, 0.25) is 0 Å². The molecular weight excluding hydrogens is 275 g/mol. The predicted octanol–water partition coefficient (Wildman–Crippen LogP) is 0.655. The van der Waals surface area contributed by atoms with Crippen LogP contribution in [-0.4, -0.2) is 55.6 Å². The molecule has 0 bridgehead atoms. The van der Waals surface area contributed by atoms with Crippen molar-refractivity contribution in [3.8, 4) is 0 Å². The number of rotatable bonds is 4. The minimum atomic E-state index is -4.44. The molecule has 1 heterocycles. The minimum Gasteiger partial charge on any atom is -0.345 e. The van der Waals surface area contributed by atoms with Crippen LogP contribution in [-0.2, 0) is 9.59 Å². The third kappa shape index (κ3) is 6.23. The van der Waals surface area contributed by atoms with E-state index in [4.69, 9.17) is 0 Å². The van der Waals surface area contributed by atoms with Gasteiger partial charge in [0.1, 0.15) is 6.54 Å². The van der Waals surface area contributed by atoms with Crippen LogP contribution in [0.15, 0.2) is 0 Å². The van der Waals surface area contributed by atoms with Gasteiger partial charge in [-0.2, -0.15) is 13.2 Å². The summed E-state index contributed by atoms with van der Waals surface area (Å²) < 4.78 is 35.8. The van der Waals surface area contributed by atoms with Crippen molar-refractivity contribution >= 4 is 11.8 Å². The largest absolute Gasteiger partial charge is 0.405 e. The fourth-order valence-corrected chi connectivity index (χ4v) is 2.05. The molecule has 1 fully saturated rings. The highest BCUT2D eigenvalue weighted by molar-refractivity contribution is 5.87. The Morgan fingerprint density at radius 3 is 2.65 bits per heavy atom. The van der Waals surface area contributed by atoms with E-state index in [1.54, 1.807) is 5.32 Å². The Morgan fingerprint density at radius 2 is 2.00 bits per heavy atom. The molecule has 1 aliphatic rings. The summed E-state index contributed by atoms with van der Waals surface area (Å²) in [6.07, 6.45) is -0.780. The molecule has 0 aliphatic carbocycles. The number of hydrogen-bond donors (Lipinski definition) is 2. The average molecular weight is 295 g/mol. The van der Waals surface area contributed by atoms with Crippen LogP contribution in [0.1, 0.15) is 25.7 Å². The van der Waals surface area contributed by atoms with Crippen LogP contribution >= 0.6 is 0 Å². The second-order valence-corrected chi connectivity index (χ2v) is 4.94. The molecule has 116 valence electrons. The molecule has 1 atom stereocenters. The van der Waals surface area contributed by atoms with E-state index in [1.807, 2.05) is 0 Å². The lowest BCUT2D eigenvalue weighted by Crippen LogP contribution is -2.48. The zero-order chi connectivity index (χ0) is 15.2. The lowest BCUT2D eigenvalue weighted by Gasteiger charge is -2.23. The maximum atomic E-state index is 12.0. The Kier molecular flexibility index (Phi) is 6.25. The highest BCUT2D eigenvalue weighted by Gasteiger charge is 2.29. The van der Waals surface area contributed by atoms with E-state index in [2.05, 4.69) is 5.32 Å². The number of amides is 2. The molecular formula is C12H20F3N3O2. The zero-order valence-corrected chi connectivity index (χ0v) is 11.4. The van der Waals surface area contributed by atoms with Gasteiger partial charge >= 0.3 is 6.18 Å². The summed E-state index contributed by atoms with van der Waals surface area (Å²) in [6.45, 7) is -1.01. The molecule has 20 heavy (non-hydrogen) atoms. The Morgan fingerprint density at radius 1 is 1.30 bits per heavy atom. The van der Waals surface area contributed by atoms with Gasteiger partial charge in [0.25, 0.3) is 0 Å². The number of likely N-dealkylation sites (N-methyl/N-ethyl adjacent to an activating group) is 1. The molecule has 5 nitrogen and oxygen atoms in total. The van der Waals surface area contributed by atoms with Crippen LogP contribution in [0, 0.1) is 0 Å². The SMILES string of the molecule is CN(CC(=O)NCC(F)(F)F)C(=O)C1CCCCCN1. The lowest BCUT2D eigenvalue weighted by atomic mass is 10.1. The lowest BCUT2D eigenvalue weighted by molar-refractivity contribution is -0.142. The van der Waals surface area contributed by atoms with Crippen LogP contribution < -0.4 is 10.6 Å². The maximum absolute atomic E-state index is 12.0. The molecule has 1 unspecified atom stereocenters. The molecule has 8 heteroatoms. The first-order valence-corrected chi connectivity index (χ1v) is 6.61. The van der Waals surface area contributed by atoms with Crippen molar-refractivity contribution in [3.63, 3.8) is 0 Å². The van der Waals surface area contributed by atoms with E-state index < -0.39 is 18.6 Å². The quantitative estimate of drug-likeness (QED) is 0.801. The molecule has 1 saturated heterocycles. The topological polar surface area (TPSA) is 61.4 Å². The first-order chi connectivity index (χ1) is 9.29. The number of carbonyl (C=O) groups excluding carboxylic acids is 2. The second-order valence-electron chi connectivity index (χ2n) is 4.94. The fraction of sp³-hybridized carbons (Fsp3) is 0.833. The summed E-state index contributed by atoms with van der Waals surface area (Å²) in [5, 5.41) is 4.83. The normalized spacial score (nSPS) is 20.1. The van der Waals surface area contributed by atoms with Gasteiger partial charge in [-0.15, -0.1) is 0 Å². The van der Waals surface area contributed by atoms with E-state index in [1.165, 1.54) is 7.05 Å². The van der Waals surface area contributed by atoms with Crippen molar-refractivity contribution in [2.45, 2.75) is 37.9 Å². The van der Waals surface area contributed by atoms with Gasteiger partial charge in [0.05, 0.1) is 12.6 Å². The zero-order valence-electron chi connectivity index (χ0n) is 11.4. The maximum Gasteiger partial charge on any atom is 0.405 e. The highest BCUT2D eigenvalue weighted by atomic mass is 19.4. The summed E-state index contributed by atoms with van der Waals surface area (Å²) in [4.78, 5) is 24.5. The third-order valence-electron chi connectivity index (χ3n) is 3.10. The van der Waals surface area contributed by atoms with Gasteiger partial charge in [0, 0.05) is 7.05 Å². The molecule has 0 aromatic carbocycles. The first-order valence-electron chi connectivity index (χ1n) is 6.61. The number of halogens is 3. The molecule has 0 aromatic heterocycles. The Balaban J connectivity index is 2.38. The number of carbonyl (C=O) groups is 2. The van der Waals surface area contributed by atoms with E-state index >= 15 is 0 Å². The Bertz CT molecular complexity index is 339. The minimum absolute atomic E-state index is 0.256. The second kappa shape index (κ2) is 7.47. The van der Waals surface area contributed by atoms with Gasteiger partial charge in [-0.05, 0) is 19.4 Å². The molecule has 0 saturated carbocycles. The molecule has 1 rings (SSSR count). The number of alkyl halides is 3. The summed E-state index contributed by atoms with van der Waals surface area (Å²) in [7, 11) is 1.42. The molecule has 0 radical (unpaired) electrons. The van der Waals surface area contributed by atoms with Crippen molar-refractivity contribution in [1.29, 1.82) is 0 Å². The standard InChI is InChI=1S/C12H20F3N3O2/c1-18(7-10(19)17-8-12(13,14)15)11(20)9-5-3-2-4-6-16-9/h9,16H,2-8H2,1H3,(H,17,19). The van der Waals surface area contributed by atoms with Gasteiger partial charge in [-0.25, -0.2) is 0 Å². The van der Waals surface area contributed by atoms with Gasteiger partial charge in [0.15, 0.2) is 0 Å². The summed E-state index contributed by atoms with van der Waals surface area (Å²) in [5.74, 6) is -1.07. The number of nitrogens with zero attached hydrogens (tertiary/aromatic N) is 1. The van der Waals surface area contributed by atoms with Crippen LogP contribution in [0.4, 0.5) is 13.2 Å². The molecule has 0 aromatic rings. The summed E-state index contributed by atoms with van der Waals surface area (Å²) >= 11 is 0. The Labute approximate surface area is 115 Å². The molecule has 0 spiro atoms. The van der Waals surface area contributed by atoms with Crippen molar-refractivity contribution in [1.82, 2.24) is 15.5 Å². The van der Waals surface area contributed by atoms with Gasteiger partial charge in [-0.3, -0.25) is 9.59 Å². The van der Waals surface area contributed by atoms with Gasteiger partial charge < -0.3 is 15.5 Å². The van der Waals surface area contributed by atoms with Crippen molar-refractivity contribution in [3.05, 3.63) is 0 Å². The summed E-state index contributed by atoms with van der Waals surface area (Å²) in [5.41, 5.74) is 0. The van der Waals surface area contributed by atoms with E-state index in [0.29, 0.717) is 6.42 Å². The van der Waals surface area contributed by atoms with E-state index in [0.717, 1.165) is 30.7 Å². The number of nitrogens with one attached hydrogen (secondary N) is 2. The molecule has 1 aliphatic heterocycles. The van der Waals surface area contributed by atoms with E-state index in [-0.39, 0.29) is 18.5 Å². The fourth-order valence-electron chi connectivity index (χ4n) is 2.05. The third-order valence-corrected chi connectivity index (χ3v) is 3.10. The van der Waals surface area contributed by atoms with E-state index in [9.17, 15) is 22.8 Å². The highest BCUT2D eigenvalue weighted by Crippen LogP contribution is 2.12. The molecule has 2 amide bonds. The molecule has 2 N–H and O–H groups in total.